The van der Waals surface area contributed by atoms with Crippen molar-refractivity contribution < 1.29 is 4.79 Å². The highest BCUT2D eigenvalue weighted by Gasteiger charge is 2.07. The Kier molecular flexibility index (Phi) is 2.41. The van der Waals surface area contributed by atoms with E-state index in [9.17, 15) is 4.79 Å². The van der Waals surface area contributed by atoms with Gasteiger partial charge in [0.15, 0.2) is 11.6 Å². The molecule has 0 atom stereocenters. The predicted octanol–water partition coefficient (Wildman–Crippen LogP) is 1.50. The standard InChI is InChI=1S/C8H12N2O/c1-3-7(11)8-9-5-6-10(8)4-2/h5-6H,3-4H2,1-2H3. The van der Waals surface area contributed by atoms with Crippen LogP contribution in [0.1, 0.15) is 30.9 Å². The Bertz CT molecular complexity index is 252. The Morgan fingerprint density at radius 3 is 2.91 bits per heavy atom. The van der Waals surface area contributed by atoms with Crippen LogP contribution in [0.2, 0.25) is 0 Å². The lowest BCUT2D eigenvalue weighted by Gasteiger charge is -2.00. The topological polar surface area (TPSA) is 34.9 Å². The summed E-state index contributed by atoms with van der Waals surface area (Å²) < 4.78 is 1.85. The Morgan fingerprint density at radius 1 is 1.64 bits per heavy atom. The van der Waals surface area contributed by atoms with Gasteiger partial charge < -0.3 is 4.57 Å². The van der Waals surface area contributed by atoms with Crippen molar-refractivity contribution in [3.8, 4) is 0 Å². The first-order chi connectivity index (χ1) is 5.29. The quantitative estimate of drug-likeness (QED) is 0.615. The molecule has 3 nitrogen and oxygen atoms in total. The molecule has 3 heteroatoms. The Morgan fingerprint density at radius 2 is 2.36 bits per heavy atom. The average Bonchev–Trinajstić information content (AvgIpc) is 2.50. The van der Waals surface area contributed by atoms with Gasteiger partial charge in [0.1, 0.15) is 0 Å². The predicted molar refractivity (Wildman–Crippen MR) is 42.5 cm³/mol. The van der Waals surface area contributed by atoms with E-state index in [0.717, 1.165) is 6.54 Å². The van der Waals surface area contributed by atoms with Gasteiger partial charge in [-0.05, 0) is 6.92 Å². The molecule has 0 aliphatic heterocycles. The monoisotopic (exact) mass is 152 g/mol. The molecule has 1 aromatic rings. The molecule has 0 saturated carbocycles. The molecule has 1 heterocycles. The Hall–Kier alpha value is -1.12. The van der Waals surface area contributed by atoms with Crippen LogP contribution < -0.4 is 0 Å². The molecule has 0 aliphatic carbocycles. The summed E-state index contributed by atoms with van der Waals surface area (Å²) in [5, 5.41) is 0. The summed E-state index contributed by atoms with van der Waals surface area (Å²) >= 11 is 0. The van der Waals surface area contributed by atoms with E-state index in [1.54, 1.807) is 6.20 Å². The summed E-state index contributed by atoms with van der Waals surface area (Å²) in [7, 11) is 0. The Balaban J connectivity index is 2.92. The number of aromatic nitrogens is 2. The van der Waals surface area contributed by atoms with Crippen LogP contribution in [0, 0.1) is 0 Å². The van der Waals surface area contributed by atoms with Crippen molar-refractivity contribution in [2.75, 3.05) is 0 Å². The fourth-order valence-electron chi connectivity index (χ4n) is 0.975. The van der Waals surface area contributed by atoms with E-state index in [-0.39, 0.29) is 5.78 Å². The number of carbonyl (C=O) groups is 1. The molecule has 1 rings (SSSR count). The lowest BCUT2D eigenvalue weighted by atomic mass is 10.3. The van der Waals surface area contributed by atoms with Gasteiger partial charge in [-0.25, -0.2) is 4.98 Å². The minimum atomic E-state index is 0.108. The van der Waals surface area contributed by atoms with Crippen molar-refractivity contribution in [2.24, 2.45) is 0 Å². The van der Waals surface area contributed by atoms with E-state index in [2.05, 4.69) is 4.98 Å². The van der Waals surface area contributed by atoms with Crippen LogP contribution in [0.3, 0.4) is 0 Å². The Labute approximate surface area is 66.1 Å². The molecule has 0 saturated heterocycles. The third-order valence-corrected chi connectivity index (χ3v) is 1.63. The summed E-state index contributed by atoms with van der Waals surface area (Å²) in [5.41, 5.74) is 0. The molecule has 0 aromatic carbocycles. The van der Waals surface area contributed by atoms with E-state index >= 15 is 0 Å². The molecule has 0 fully saturated rings. The number of rotatable bonds is 3. The molecule has 11 heavy (non-hydrogen) atoms. The summed E-state index contributed by atoms with van der Waals surface area (Å²) in [4.78, 5) is 15.1. The van der Waals surface area contributed by atoms with Crippen LogP contribution in [0.25, 0.3) is 0 Å². The van der Waals surface area contributed by atoms with Gasteiger partial charge in [-0.3, -0.25) is 4.79 Å². The number of aryl methyl sites for hydroxylation is 1. The van der Waals surface area contributed by atoms with Crippen molar-refractivity contribution in [1.29, 1.82) is 0 Å². The third kappa shape index (κ3) is 1.48. The average molecular weight is 152 g/mol. The van der Waals surface area contributed by atoms with E-state index in [0.29, 0.717) is 12.2 Å². The highest BCUT2D eigenvalue weighted by molar-refractivity contribution is 5.92. The normalized spacial score (nSPS) is 10.0. The van der Waals surface area contributed by atoms with Crippen LogP contribution in [-0.4, -0.2) is 15.3 Å². The van der Waals surface area contributed by atoms with Crippen molar-refractivity contribution >= 4 is 5.78 Å². The zero-order chi connectivity index (χ0) is 8.27. The summed E-state index contributed by atoms with van der Waals surface area (Å²) in [6, 6.07) is 0. The number of nitrogens with zero attached hydrogens (tertiary/aromatic N) is 2. The number of imidazole rings is 1. The molecule has 0 unspecified atom stereocenters. The zero-order valence-electron chi connectivity index (χ0n) is 6.87. The lowest BCUT2D eigenvalue weighted by Crippen LogP contribution is -2.07. The summed E-state index contributed by atoms with van der Waals surface area (Å²) in [5.74, 6) is 0.687. The SMILES string of the molecule is CCC(=O)c1nccn1CC. The molecule has 60 valence electrons. The maximum Gasteiger partial charge on any atom is 0.197 e. The van der Waals surface area contributed by atoms with Crippen molar-refractivity contribution in [3.63, 3.8) is 0 Å². The van der Waals surface area contributed by atoms with Crippen LogP contribution in [-0.2, 0) is 6.54 Å². The van der Waals surface area contributed by atoms with Crippen LogP contribution in [0.5, 0.6) is 0 Å². The molecule has 0 N–H and O–H groups in total. The second-order valence-electron chi connectivity index (χ2n) is 2.31. The van der Waals surface area contributed by atoms with Crippen molar-refractivity contribution in [1.82, 2.24) is 9.55 Å². The summed E-state index contributed by atoms with van der Waals surface area (Å²) in [6.07, 6.45) is 4.01. The van der Waals surface area contributed by atoms with Crippen LogP contribution >= 0.6 is 0 Å². The van der Waals surface area contributed by atoms with Gasteiger partial charge >= 0.3 is 0 Å². The van der Waals surface area contributed by atoms with Gasteiger partial charge in [0.05, 0.1) is 0 Å². The number of Topliss-reactive ketones (excluding diaryl/α,β-unsaturated/α-hetero) is 1. The van der Waals surface area contributed by atoms with Crippen molar-refractivity contribution in [3.05, 3.63) is 18.2 Å². The third-order valence-electron chi connectivity index (χ3n) is 1.63. The van der Waals surface area contributed by atoms with Gasteiger partial charge in [0.25, 0.3) is 0 Å². The van der Waals surface area contributed by atoms with E-state index < -0.39 is 0 Å². The molecule has 0 spiro atoms. The first-order valence-corrected chi connectivity index (χ1v) is 3.84. The molecule has 0 aliphatic rings. The maximum absolute atomic E-state index is 11.2. The van der Waals surface area contributed by atoms with Crippen LogP contribution in [0.4, 0.5) is 0 Å². The van der Waals surface area contributed by atoms with E-state index in [4.69, 9.17) is 0 Å². The fraction of sp³-hybridized carbons (Fsp3) is 0.500. The molecule has 0 radical (unpaired) electrons. The molecular formula is C8H12N2O. The highest BCUT2D eigenvalue weighted by Crippen LogP contribution is 2.00. The van der Waals surface area contributed by atoms with E-state index in [1.165, 1.54) is 0 Å². The summed E-state index contributed by atoms with van der Waals surface area (Å²) in [6.45, 7) is 4.65. The number of carbonyl (C=O) groups excluding carboxylic acids is 1. The first-order valence-electron chi connectivity index (χ1n) is 3.84. The number of hydrogen-bond acceptors (Lipinski definition) is 2. The zero-order valence-corrected chi connectivity index (χ0v) is 6.87. The molecular weight excluding hydrogens is 140 g/mol. The molecule has 0 amide bonds. The van der Waals surface area contributed by atoms with Gasteiger partial charge in [-0.2, -0.15) is 0 Å². The number of ketones is 1. The number of hydrogen-bond donors (Lipinski definition) is 0. The minimum Gasteiger partial charge on any atom is -0.329 e. The minimum absolute atomic E-state index is 0.108. The maximum atomic E-state index is 11.2. The molecule has 1 aromatic heterocycles. The lowest BCUT2D eigenvalue weighted by molar-refractivity contribution is 0.0974. The van der Waals surface area contributed by atoms with Crippen LogP contribution in [0.15, 0.2) is 12.4 Å². The van der Waals surface area contributed by atoms with Gasteiger partial charge in [0, 0.05) is 25.4 Å². The second-order valence-corrected chi connectivity index (χ2v) is 2.31. The van der Waals surface area contributed by atoms with Gasteiger partial charge in [-0.1, -0.05) is 6.92 Å². The highest BCUT2D eigenvalue weighted by atomic mass is 16.1. The molecule has 0 bridgehead atoms. The first kappa shape index (κ1) is 7.98. The second kappa shape index (κ2) is 3.32. The van der Waals surface area contributed by atoms with Gasteiger partial charge in [-0.15, -0.1) is 0 Å². The van der Waals surface area contributed by atoms with E-state index in [1.807, 2.05) is 24.6 Å². The fourth-order valence-corrected chi connectivity index (χ4v) is 0.975. The largest absolute Gasteiger partial charge is 0.329 e. The van der Waals surface area contributed by atoms with Gasteiger partial charge in [0.2, 0.25) is 0 Å². The smallest absolute Gasteiger partial charge is 0.197 e. The van der Waals surface area contributed by atoms with Crippen molar-refractivity contribution in [2.45, 2.75) is 26.8 Å².